The van der Waals surface area contributed by atoms with Crippen molar-refractivity contribution in [2.45, 2.75) is 67.2 Å². The molecule has 1 heterocycles. The quantitative estimate of drug-likeness (QED) is 0.539. The van der Waals surface area contributed by atoms with Crippen LogP contribution in [0.25, 0.3) is 11.3 Å². The Morgan fingerprint density at radius 3 is 1.75 bits per heavy atom. The summed E-state index contributed by atoms with van der Waals surface area (Å²) in [5.41, 5.74) is 5.82. The van der Waals surface area contributed by atoms with E-state index in [4.69, 9.17) is 4.18 Å². The summed E-state index contributed by atoms with van der Waals surface area (Å²) >= 11 is 1.37. The van der Waals surface area contributed by atoms with Crippen molar-refractivity contribution in [1.82, 2.24) is 4.98 Å². The van der Waals surface area contributed by atoms with Crippen molar-refractivity contribution < 1.29 is 4.18 Å². The van der Waals surface area contributed by atoms with E-state index in [1.807, 2.05) is 41.5 Å². The number of hydrogen-bond acceptors (Lipinski definition) is 3. The Labute approximate surface area is 154 Å². The maximum Gasteiger partial charge on any atom is 0.0708 e. The Kier molecular flexibility index (Phi) is 15.8. The topological polar surface area (TPSA) is 22.1 Å². The summed E-state index contributed by atoms with van der Waals surface area (Å²) in [5.74, 6) is 0. The van der Waals surface area contributed by atoms with Crippen LogP contribution in [0.1, 0.15) is 58.4 Å². The second kappa shape index (κ2) is 15.2. The van der Waals surface area contributed by atoms with E-state index in [2.05, 4.69) is 56.1 Å². The van der Waals surface area contributed by atoms with Gasteiger partial charge in [-0.25, -0.2) is 0 Å². The maximum absolute atomic E-state index is 5.03. The van der Waals surface area contributed by atoms with Crippen molar-refractivity contribution in [3.8, 4) is 11.3 Å². The molecule has 1 aromatic heterocycles. The predicted octanol–water partition coefficient (Wildman–Crippen LogP) is 7.41. The van der Waals surface area contributed by atoms with E-state index >= 15 is 0 Å². The molecule has 2 rings (SSSR count). The van der Waals surface area contributed by atoms with Gasteiger partial charge in [-0.1, -0.05) is 53.7 Å². The van der Waals surface area contributed by atoms with Gasteiger partial charge >= 0.3 is 0 Å². The van der Waals surface area contributed by atoms with Crippen molar-refractivity contribution in [3.63, 3.8) is 0 Å². The Bertz CT molecular complexity index is 527. The van der Waals surface area contributed by atoms with Gasteiger partial charge < -0.3 is 4.18 Å². The zero-order chi connectivity index (χ0) is 19.1. The van der Waals surface area contributed by atoms with E-state index in [-0.39, 0.29) is 0 Å². The molecule has 24 heavy (non-hydrogen) atoms. The molecule has 0 N–H and O–H groups in total. The molecule has 0 bridgehead atoms. The largest absolute Gasteiger partial charge is 0.314 e. The van der Waals surface area contributed by atoms with Crippen LogP contribution in [0.3, 0.4) is 0 Å². The average molecular weight is 350 g/mol. The van der Waals surface area contributed by atoms with Gasteiger partial charge in [-0.15, -0.1) is 0 Å². The van der Waals surface area contributed by atoms with Crippen LogP contribution < -0.4 is 0 Å². The molecular formula is C21H35NOS. The van der Waals surface area contributed by atoms with Crippen LogP contribution in [-0.2, 0) is 4.18 Å². The molecule has 0 aliphatic carbocycles. The second-order valence-corrected chi connectivity index (χ2v) is 5.28. The lowest BCUT2D eigenvalue weighted by molar-refractivity contribution is 0.490. The number of benzene rings is 1. The monoisotopic (exact) mass is 349 g/mol. The fourth-order valence-electron chi connectivity index (χ4n) is 1.82. The van der Waals surface area contributed by atoms with Crippen LogP contribution in [0.4, 0.5) is 0 Å². The zero-order valence-corrected chi connectivity index (χ0v) is 18.0. The van der Waals surface area contributed by atoms with Gasteiger partial charge in [0, 0.05) is 28.2 Å². The van der Waals surface area contributed by atoms with E-state index < -0.39 is 0 Å². The molecule has 1 aromatic carbocycles. The molecule has 136 valence electrons. The third kappa shape index (κ3) is 7.98. The van der Waals surface area contributed by atoms with Gasteiger partial charge in [0.1, 0.15) is 0 Å². The number of nitrogens with zero attached hydrogens (tertiary/aromatic N) is 1. The number of aryl methyl sites for hydroxylation is 2. The third-order valence-corrected chi connectivity index (χ3v) is 3.74. The molecule has 3 heteroatoms. The van der Waals surface area contributed by atoms with Crippen LogP contribution in [0.2, 0.25) is 0 Å². The van der Waals surface area contributed by atoms with Crippen LogP contribution in [-0.4, -0.2) is 12.1 Å². The Hall–Kier alpha value is -1.32. The molecule has 0 saturated carbocycles. The summed E-state index contributed by atoms with van der Waals surface area (Å²) in [6, 6.07) is 10.4. The average Bonchev–Trinajstić information content (AvgIpc) is 2.65. The maximum atomic E-state index is 5.03. The molecule has 0 atom stereocenters. The van der Waals surface area contributed by atoms with Crippen molar-refractivity contribution in [3.05, 3.63) is 47.2 Å². The molecule has 0 amide bonds. The molecule has 0 aliphatic heterocycles. The van der Waals surface area contributed by atoms with Gasteiger partial charge in [0.25, 0.3) is 0 Å². The molecule has 0 aliphatic rings. The van der Waals surface area contributed by atoms with Crippen LogP contribution in [0.15, 0.2) is 35.2 Å². The Morgan fingerprint density at radius 1 is 0.833 bits per heavy atom. The molecule has 2 nitrogen and oxygen atoms in total. The lowest BCUT2D eigenvalue weighted by Gasteiger charge is -2.08. The Morgan fingerprint density at radius 2 is 1.33 bits per heavy atom. The van der Waals surface area contributed by atoms with Crippen LogP contribution >= 0.6 is 12.0 Å². The van der Waals surface area contributed by atoms with Crippen molar-refractivity contribution in [2.24, 2.45) is 0 Å². The van der Waals surface area contributed by atoms with Gasteiger partial charge in [0.2, 0.25) is 0 Å². The lowest BCUT2D eigenvalue weighted by Crippen LogP contribution is -1.94. The minimum atomic E-state index is 1.03. The highest BCUT2D eigenvalue weighted by atomic mass is 32.2. The highest BCUT2D eigenvalue weighted by molar-refractivity contribution is 7.94. The minimum Gasteiger partial charge on any atom is -0.314 e. The molecule has 0 spiro atoms. The van der Waals surface area contributed by atoms with E-state index in [9.17, 15) is 0 Å². The van der Waals surface area contributed by atoms with Crippen molar-refractivity contribution in [1.29, 1.82) is 0 Å². The van der Waals surface area contributed by atoms with Crippen LogP contribution in [0, 0.1) is 20.8 Å². The summed E-state index contributed by atoms with van der Waals surface area (Å²) in [4.78, 5) is 5.74. The van der Waals surface area contributed by atoms with Gasteiger partial charge in [-0.3, -0.25) is 4.98 Å². The summed E-state index contributed by atoms with van der Waals surface area (Å²) in [6.07, 6.45) is 0. The van der Waals surface area contributed by atoms with Gasteiger partial charge in [0.05, 0.1) is 12.8 Å². The molecule has 0 unspecified atom stereocenters. The van der Waals surface area contributed by atoms with E-state index in [1.54, 1.807) is 7.11 Å². The van der Waals surface area contributed by atoms with E-state index in [0.29, 0.717) is 0 Å². The number of rotatable bonds is 3. The second-order valence-electron chi connectivity index (χ2n) is 4.31. The minimum absolute atomic E-state index is 1.03. The van der Waals surface area contributed by atoms with Gasteiger partial charge in [-0.2, -0.15) is 0 Å². The van der Waals surface area contributed by atoms with Crippen molar-refractivity contribution >= 4 is 12.0 Å². The van der Waals surface area contributed by atoms with Crippen molar-refractivity contribution in [2.75, 3.05) is 7.11 Å². The number of aromatic nitrogens is 1. The fourth-order valence-corrected chi connectivity index (χ4v) is 2.26. The predicted molar refractivity (Wildman–Crippen MR) is 111 cm³/mol. The number of pyridine rings is 1. The first-order valence-electron chi connectivity index (χ1n) is 8.87. The van der Waals surface area contributed by atoms with Crippen LogP contribution in [0.5, 0.6) is 0 Å². The summed E-state index contributed by atoms with van der Waals surface area (Å²) in [7, 11) is 1.67. The Balaban J connectivity index is 0. The molecule has 0 fully saturated rings. The van der Waals surface area contributed by atoms with E-state index in [0.717, 1.165) is 21.8 Å². The van der Waals surface area contributed by atoms with Gasteiger partial charge in [-0.05, 0) is 50.1 Å². The molecule has 2 aromatic rings. The highest BCUT2D eigenvalue weighted by Crippen LogP contribution is 2.25. The lowest BCUT2D eigenvalue weighted by atomic mass is 10.0. The summed E-state index contributed by atoms with van der Waals surface area (Å²) < 4.78 is 5.03. The molecule has 0 radical (unpaired) electrons. The summed E-state index contributed by atoms with van der Waals surface area (Å²) in [5, 5.41) is 0. The standard InChI is InChI=1S/C15H17NOS.3C2H6/c1-10-9-15(16-12(3)11(10)2)13-5-7-14(8-6-13)18-17-4;3*1-2/h5-9H,1-4H3;3*1-2H3. The molecule has 0 saturated heterocycles. The van der Waals surface area contributed by atoms with Gasteiger partial charge in [0.15, 0.2) is 0 Å². The third-order valence-electron chi connectivity index (χ3n) is 3.11. The first kappa shape index (κ1) is 24.9. The normalized spacial score (nSPS) is 8.75. The SMILES string of the molecule is CC.CC.CC.COSc1ccc(-c2cc(C)c(C)c(C)n2)cc1. The smallest absolute Gasteiger partial charge is 0.0708 e. The fraction of sp³-hybridized carbons (Fsp3) is 0.476. The first-order chi connectivity index (χ1) is 11.6. The first-order valence-corrected chi connectivity index (χ1v) is 9.62. The zero-order valence-electron chi connectivity index (χ0n) is 17.2. The van der Waals surface area contributed by atoms with E-state index in [1.165, 1.54) is 23.2 Å². The highest BCUT2D eigenvalue weighted by Gasteiger charge is 2.05. The molecular weight excluding hydrogens is 314 g/mol. The summed E-state index contributed by atoms with van der Waals surface area (Å²) in [6.45, 7) is 18.3. The number of hydrogen-bond donors (Lipinski definition) is 0.